The van der Waals surface area contributed by atoms with Crippen molar-refractivity contribution in [2.75, 3.05) is 5.43 Å². The Morgan fingerprint density at radius 2 is 1.92 bits per heavy atom. The van der Waals surface area contributed by atoms with Crippen LogP contribution in [0.2, 0.25) is 5.02 Å². The van der Waals surface area contributed by atoms with Crippen molar-refractivity contribution in [3.63, 3.8) is 0 Å². The van der Waals surface area contributed by atoms with Crippen molar-refractivity contribution in [1.82, 2.24) is 0 Å². The first-order valence-electron chi connectivity index (χ1n) is 7.10. The second kappa shape index (κ2) is 7.02. The summed E-state index contributed by atoms with van der Waals surface area (Å²) >= 11 is 5.97. The maximum Gasteiger partial charge on any atom is 0.337 e. The molecule has 120 valence electrons. The average molecular weight is 341 g/mol. The Hall–Kier alpha value is -3.05. The van der Waals surface area contributed by atoms with Gasteiger partial charge in [-0.2, -0.15) is 5.10 Å². The van der Waals surface area contributed by atoms with Gasteiger partial charge in [-0.1, -0.05) is 35.9 Å². The van der Waals surface area contributed by atoms with E-state index < -0.39 is 5.97 Å². The van der Waals surface area contributed by atoms with Crippen LogP contribution in [0.25, 0.3) is 11.3 Å². The molecule has 2 aromatic carbocycles. The van der Waals surface area contributed by atoms with E-state index in [1.165, 1.54) is 6.07 Å². The van der Waals surface area contributed by atoms with Crippen molar-refractivity contribution in [3.05, 3.63) is 77.0 Å². The zero-order valence-corrected chi connectivity index (χ0v) is 13.2. The molecule has 5 nitrogen and oxygen atoms in total. The van der Waals surface area contributed by atoms with Gasteiger partial charge in [0.15, 0.2) is 0 Å². The summed E-state index contributed by atoms with van der Waals surface area (Å²) in [6.45, 7) is 0. The highest BCUT2D eigenvalue weighted by atomic mass is 35.5. The lowest BCUT2D eigenvalue weighted by Gasteiger charge is -2.01. The van der Waals surface area contributed by atoms with Crippen LogP contribution in [-0.4, -0.2) is 17.3 Å². The third-order valence-electron chi connectivity index (χ3n) is 3.27. The Bertz CT molecular complexity index is 888. The highest BCUT2D eigenvalue weighted by molar-refractivity contribution is 6.33. The Morgan fingerprint density at radius 3 is 2.62 bits per heavy atom. The second-order valence-electron chi connectivity index (χ2n) is 4.94. The number of anilines is 1. The summed E-state index contributed by atoms with van der Waals surface area (Å²) in [5.41, 5.74) is 4.52. The van der Waals surface area contributed by atoms with Gasteiger partial charge in [0, 0.05) is 5.56 Å². The van der Waals surface area contributed by atoms with Crippen molar-refractivity contribution in [1.29, 1.82) is 0 Å². The largest absolute Gasteiger partial charge is 0.478 e. The number of furan rings is 1. The molecule has 0 saturated carbocycles. The molecular weight excluding hydrogens is 328 g/mol. The maximum absolute atomic E-state index is 11.0. The van der Waals surface area contributed by atoms with E-state index in [2.05, 4.69) is 10.5 Å². The van der Waals surface area contributed by atoms with Crippen LogP contribution in [0.15, 0.2) is 70.2 Å². The van der Waals surface area contributed by atoms with Gasteiger partial charge in [-0.15, -0.1) is 0 Å². The Balaban J connectivity index is 1.73. The number of hydrogen-bond acceptors (Lipinski definition) is 4. The number of carbonyl (C=O) groups is 1. The number of carboxylic acids is 1. The number of hydrogen-bond donors (Lipinski definition) is 2. The van der Waals surface area contributed by atoms with Crippen molar-refractivity contribution >= 4 is 29.5 Å². The van der Waals surface area contributed by atoms with Crippen LogP contribution in [0.1, 0.15) is 16.1 Å². The zero-order valence-electron chi connectivity index (χ0n) is 12.4. The molecule has 1 aromatic heterocycles. The van der Waals surface area contributed by atoms with E-state index in [-0.39, 0.29) is 10.6 Å². The van der Waals surface area contributed by atoms with Crippen molar-refractivity contribution < 1.29 is 14.3 Å². The fraction of sp³-hybridized carbons (Fsp3) is 0. The van der Waals surface area contributed by atoms with Crippen molar-refractivity contribution in [2.45, 2.75) is 0 Å². The molecule has 0 fully saturated rings. The van der Waals surface area contributed by atoms with E-state index in [0.717, 1.165) is 5.69 Å². The van der Waals surface area contributed by atoms with Crippen LogP contribution in [0.4, 0.5) is 5.69 Å². The number of para-hydroxylation sites is 1. The topological polar surface area (TPSA) is 74.8 Å². The molecule has 0 bridgehead atoms. The first-order valence-corrected chi connectivity index (χ1v) is 7.48. The molecule has 0 atom stereocenters. The molecule has 1 heterocycles. The number of carboxylic acid groups (broad SMARTS) is 1. The summed E-state index contributed by atoms with van der Waals surface area (Å²) in [4.78, 5) is 11.0. The van der Waals surface area contributed by atoms with E-state index in [0.29, 0.717) is 17.1 Å². The lowest BCUT2D eigenvalue weighted by molar-refractivity contribution is 0.0697. The highest BCUT2D eigenvalue weighted by Crippen LogP contribution is 2.27. The van der Waals surface area contributed by atoms with Crippen LogP contribution in [0.5, 0.6) is 0 Å². The zero-order chi connectivity index (χ0) is 16.9. The molecule has 0 amide bonds. The molecule has 0 aliphatic rings. The molecule has 6 heteroatoms. The molecule has 3 aromatic rings. The second-order valence-corrected chi connectivity index (χ2v) is 5.35. The smallest absolute Gasteiger partial charge is 0.337 e. The molecule has 24 heavy (non-hydrogen) atoms. The quantitative estimate of drug-likeness (QED) is 0.519. The molecule has 3 rings (SSSR count). The number of hydrazone groups is 1. The van der Waals surface area contributed by atoms with Crippen LogP contribution in [0, 0.1) is 0 Å². The first-order chi connectivity index (χ1) is 11.6. The Kier molecular flexibility index (Phi) is 4.63. The van der Waals surface area contributed by atoms with Gasteiger partial charge in [0.1, 0.15) is 11.5 Å². The monoisotopic (exact) mass is 340 g/mol. The minimum absolute atomic E-state index is 0.0563. The number of aromatic carboxylic acids is 1. The molecule has 2 N–H and O–H groups in total. The van der Waals surface area contributed by atoms with Gasteiger partial charge in [0.25, 0.3) is 0 Å². The number of nitrogens with zero attached hydrogens (tertiary/aromatic N) is 1. The predicted molar refractivity (Wildman–Crippen MR) is 93.8 cm³/mol. The molecular formula is C18H13ClN2O3. The van der Waals surface area contributed by atoms with Gasteiger partial charge in [0.2, 0.25) is 0 Å². The molecule has 0 aliphatic heterocycles. The molecule has 0 aliphatic carbocycles. The fourth-order valence-electron chi connectivity index (χ4n) is 2.10. The Morgan fingerprint density at radius 1 is 1.12 bits per heavy atom. The summed E-state index contributed by atoms with van der Waals surface area (Å²) in [6, 6.07) is 17.8. The summed E-state index contributed by atoms with van der Waals surface area (Å²) < 4.78 is 5.67. The predicted octanol–water partition coefficient (Wildman–Crippen LogP) is 4.74. The number of rotatable bonds is 5. The van der Waals surface area contributed by atoms with Gasteiger partial charge in [-0.05, 0) is 36.4 Å². The van der Waals surface area contributed by atoms with Crippen LogP contribution >= 0.6 is 11.6 Å². The van der Waals surface area contributed by atoms with Crippen LogP contribution < -0.4 is 5.43 Å². The molecule has 0 radical (unpaired) electrons. The average Bonchev–Trinajstić information content (AvgIpc) is 3.04. The lowest BCUT2D eigenvalue weighted by atomic mass is 10.1. The summed E-state index contributed by atoms with van der Waals surface area (Å²) in [7, 11) is 0. The minimum atomic E-state index is -1.06. The normalized spacial score (nSPS) is 10.9. The van der Waals surface area contributed by atoms with Gasteiger partial charge < -0.3 is 9.52 Å². The summed E-state index contributed by atoms with van der Waals surface area (Å²) in [5.74, 6) is 0.0765. The van der Waals surface area contributed by atoms with Gasteiger partial charge in [-0.3, -0.25) is 5.43 Å². The number of nitrogens with one attached hydrogen (secondary N) is 1. The number of halogens is 1. The van der Waals surface area contributed by atoms with Crippen LogP contribution in [0.3, 0.4) is 0 Å². The first kappa shape index (κ1) is 15.8. The fourth-order valence-corrected chi connectivity index (χ4v) is 2.36. The van der Waals surface area contributed by atoms with E-state index in [1.807, 2.05) is 30.3 Å². The van der Waals surface area contributed by atoms with Gasteiger partial charge in [-0.25, -0.2) is 4.79 Å². The van der Waals surface area contributed by atoms with Crippen molar-refractivity contribution in [2.24, 2.45) is 5.10 Å². The third kappa shape index (κ3) is 3.64. The maximum atomic E-state index is 11.0. The summed E-state index contributed by atoms with van der Waals surface area (Å²) in [5, 5.41) is 13.3. The van der Waals surface area contributed by atoms with Gasteiger partial charge in [0.05, 0.1) is 22.5 Å². The van der Waals surface area contributed by atoms with Crippen molar-refractivity contribution in [3.8, 4) is 11.3 Å². The standard InChI is InChI=1S/C18H13ClN2O3/c19-16-10-12(6-8-15(16)18(22)23)17-9-7-14(24-17)11-20-21-13-4-2-1-3-5-13/h1-11,21H,(H,22,23). The number of benzene rings is 2. The molecule has 0 spiro atoms. The van der Waals surface area contributed by atoms with E-state index >= 15 is 0 Å². The minimum Gasteiger partial charge on any atom is -0.478 e. The molecule has 0 saturated heterocycles. The van der Waals surface area contributed by atoms with E-state index in [9.17, 15) is 4.79 Å². The van der Waals surface area contributed by atoms with Crippen LogP contribution in [-0.2, 0) is 0 Å². The van der Waals surface area contributed by atoms with Gasteiger partial charge >= 0.3 is 5.97 Å². The SMILES string of the molecule is O=C(O)c1ccc(-c2ccc(C=NNc3ccccc3)o2)cc1Cl. The van der Waals surface area contributed by atoms with E-state index in [1.54, 1.807) is 30.5 Å². The lowest BCUT2D eigenvalue weighted by Crippen LogP contribution is -1.96. The Labute approximate surface area is 143 Å². The molecule has 0 unspecified atom stereocenters. The van der Waals surface area contributed by atoms with E-state index in [4.69, 9.17) is 21.1 Å². The highest BCUT2D eigenvalue weighted by Gasteiger charge is 2.11. The third-order valence-corrected chi connectivity index (χ3v) is 3.58. The summed E-state index contributed by atoms with van der Waals surface area (Å²) in [6.07, 6.45) is 1.56.